The molecule has 0 atom stereocenters. The number of ether oxygens (including phenoxy) is 1. The summed E-state index contributed by atoms with van der Waals surface area (Å²) in [4.78, 5) is 3.18. The van der Waals surface area contributed by atoms with E-state index < -0.39 is 0 Å². The van der Waals surface area contributed by atoms with Crippen LogP contribution in [0, 0.1) is 23.0 Å². The SMILES string of the molecule is COc1cccc(C#N)c1-n1c(=S)[nH]c2cccc(C)c21. The maximum absolute atomic E-state index is 9.41. The Kier molecular flexibility index (Phi) is 3.24. The summed E-state index contributed by atoms with van der Waals surface area (Å²) in [5.41, 5.74) is 4.18. The monoisotopic (exact) mass is 295 g/mol. The third-order valence-corrected chi connectivity index (χ3v) is 3.75. The molecule has 0 fully saturated rings. The number of aromatic amines is 1. The molecule has 0 unspecified atom stereocenters. The van der Waals surface area contributed by atoms with Crippen LogP contribution in [0.1, 0.15) is 11.1 Å². The number of para-hydroxylation sites is 2. The Balaban J connectivity index is 2.50. The normalized spacial score (nSPS) is 10.5. The van der Waals surface area contributed by atoms with Crippen LogP contribution in [-0.2, 0) is 0 Å². The van der Waals surface area contributed by atoms with Gasteiger partial charge >= 0.3 is 0 Å². The second-order valence-electron chi connectivity index (χ2n) is 4.70. The van der Waals surface area contributed by atoms with Crippen molar-refractivity contribution >= 4 is 23.3 Å². The molecule has 1 N–H and O–H groups in total. The first-order chi connectivity index (χ1) is 10.2. The Morgan fingerprint density at radius 3 is 2.71 bits per heavy atom. The fourth-order valence-electron chi connectivity index (χ4n) is 2.55. The quantitative estimate of drug-likeness (QED) is 0.730. The van der Waals surface area contributed by atoms with Crippen molar-refractivity contribution in [3.05, 3.63) is 52.3 Å². The van der Waals surface area contributed by atoms with Gasteiger partial charge in [-0.3, -0.25) is 4.57 Å². The average molecular weight is 295 g/mol. The number of methoxy groups -OCH3 is 1. The van der Waals surface area contributed by atoms with Gasteiger partial charge in [0.2, 0.25) is 0 Å². The van der Waals surface area contributed by atoms with Gasteiger partial charge in [-0.15, -0.1) is 0 Å². The van der Waals surface area contributed by atoms with Gasteiger partial charge in [0.05, 0.1) is 23.7 Å². The first kappa shape index (κ1) is 13.4. The Morgan fingerprint density at radius 2 is 2.00 bits per heavy atom. The topological polar surface area (TPSA) is 53.7 Å². The summed E-state index contributed by atoms with van der Waals surface area (Å²) in [5.74, 6) is 0.620. The van der Waals surface area contributed by atoms with Crippen LogP contribution in [0.15, 0.2) is 36.4 Å². The number of hydrogen-bond donors (Lipinski definition) is 1. The van der Waals surface area contributed by atoms with E-state index in [0.717, 1.165) is 16.6 Å². The standard InChI is InChI=1S/C16H13N3OS/c1-10-5-3-7-12-14(10)19(16(21)18-12)15-11(9-17)6-4-8-13(15)20-2/h3-8H,1-2H3,(H,18,21). The van der Waals surface area contributed by atoms with E-state index in [-0.39, 0.29) is 0 Å². The molecule has 0 aliphatic heterocycles. The van der Waals surface area contributed by atoms with Crippen molar-refractivity contribution in [2.24, 2.45) is 0 Å². The molecule has 0 saturated carbocycles. The molecule has 4 nitrogen and oxygen atoms in total. The Morgan fingerprint density at radius 1 is 1.24 bits per heavy atom. The summed E-state index contributed by atoms with van der Waals surface area (Å²) in [6.45, 7) is 2.02. The number of H-pyrrole nitrogens is 1. The molecule has 0 aliphatic carbocycles. The van der Waals surface area contributed by atoms with Crippen LogP contribution in [0.3, 0.4) is 0 Å². The summed E-state index contributed by atoms with van der Waals surface area (Å²) in [6, 6.07) is 13.6. The second-order valence-corrected chi connectivity index (χ2v) is 5.09. The molecule has 3 rings (SSSR count). The summed E-state index contributed by atoms with van der Waals surface area (Å²) < 4.78 is 7.84. The number of benzene rings is 2. The molecule has 0 spiro atoms. The van der Waals surface area contributed by atoms with Crippen LogP contribution < -0.4 is 4.74 Å². The van der Waals surface area contributed by atoms with E-state index in [0.29, 0.717) is 21.8 Å². The van der Waals surface area contributed by atoms with Gasteiger partial charge in [-0.2, -0.15) is 5.26 Å². The summed E-state index contributed by atoms with van der Waals surface area (Å²) >= 11 is 5.45. The van der Waals surface area contributed by atoms with E-state index in [4.69, 9.17) is 17.0 Å². The molecular formula is C16H13N3OS. The van der Waals surface area contributed by atoms with Crippen LogP contribution >= 0.6 is 12.2 Å². The van der Waals surface area contributed by atoms with E-state index >= 15 is 0 Å². The molecule has 0 amide bonds. The zero-order valence-electron chi connectivity index (χ0n) is 11.7. The average Bonchev–Trinajstić information content (AvgIpc) is 2.83. The molecule has 104 valence electrons. The van der Waals surface area contributed by atoms with Gasteiger partial charge in [-0.25, -0.2) is 0 Å². The van der Waals surface area contributed by atoms with Crippen LogP contribution in [-0.4, -0.2) is 16.7 Å². The number of imidazole rings is 1. The van der Waals surface area contributed by atoms with Gasteiger partial charge in [-0.1, -0.05) is 18.2 Å². The van der Waals surface area contributed by atoms with Crippen LogP contribution in [0.4, 0.5) is 0 Å². The number of nitrogens with zero attached hydrogens (tertiary/aromatic N) is 2. The smallest absolute Gasteiger partial charge is 0.182 e. The van der Waals surface area contributed by atoms with Gasteiger partial charge in [0.25, 0.3) is 0 Å². The zero-order valence-corrected chi connectivity index (χ0v) is 12.5. The van der Waals surface area contributed by atoms with Crippen molar-refractivity contribution in [1.82, 2.24) is 9.55 Å². The van der Waals surface area contributed by atoms with Crippen LogP contribution in [0.2, 0.25) is 0 Å². The molecule has 2 aromatic carbocycles. The zero-order chi connectivity index (χ0) is 15.0. The van der Waals surface area contributed by atoms with Crippen LogP contribution in [0.25, 0.3) is 16.7 Å². The number of fused-ring (bicyclic) bond motifs is 1. The van der Waals surface area contributed by atoms with Crippen molar-refractivity contribution in [2.45, 2.75) is 6.92 Å². The lowest BCUT2D eigenvalue weighted by molar-refractivity contribution is 0.413. The van der Waals surface area contributed by atoms with Gasteiger partial charge in [0.1, 0.15) is 17.5 Å². The van der Waals surface area contributed by atoms with Crippen molar-refractivity contribution in [1.29, 1.82) is 5.26 Å². The summed E-state index contributed by atoms with van der Waals surface area (Å²) in [5, 5.41) is 9.41. The van der Waals surface area contributed by atoms with E-state index in [1.165, 1.54) is 0 Å². The summed E-state index contributed by atoms with van der Waals surface area (Å²) in [6.07, 6.45) is 0. The molecule has 3 aromatic rings. The fraction of sp³-hybridized carbons (Fsp3) is 0.125. The number of aromatic nitrogens is 2. The molecule has 0 aliphatic rings. The largest absolute Gasteiger partial charge is 0.495 e. The van der Waals surface area contributed by atoms with E-state index in [1.807, 2.05) is 35.8 Å². The number of rotatable bonds is 2. The predicted molar refractivity (Wildman–Crippen MR) is 84.5 cm³/mol. The first-order valence-electron chi connectivity index (χ1n) is 6.45. The predicted octanol–water partition coefficient (Wildman–Crippen LogP) is 3.88. The highest BCUT2D eigenvalue weighted by Crippen LogP contribution is 2.31. The Hall–Kier alpha value is -2.58. The molecule has 0 radical (unpaired) electrons. The third kappa shape index (κ3) is 2.01. The Labute approximate surface area is 127 Å². The lowest BCUT2D eigenvalue weighted by Gasteiger charge is -2.13. The fourth-order valence-corrected chi connectivity index (χ4v) is 2.84. The highest BCUT2D eigenvalue weighted by molar-refractivity contribution is 7.71. The van der Waals surface area contributed by atoms with Gasteiger partial charge in [0.15, 0.2) is 4.77 Å². The van der Waals surface area contributed by atoms with Crippen molar-refractivity contribution in [3.63, 3.8) is 0 Å². The number of aryl methyl sites for hydroxylation is 1. The lowest BCUT2D eigenvalue weighted by atomic mass is 10.1. The van der Waals surface area contributed by atoms with Crippen LogP contribution in [0.5, 0.6) is 5.75 Å². The number of nitriles is 1. The molecule has 1 heterocycles. The highest BCUT2D eigenvalue weighted by Gasteiger charge is 2.16. The second kappa shape index (κ2) is 5.08. The third-order valence-electron chi connectivity index (χ3n) is 3.47. The Bertz CT molecular complexity index is 931. The van der Waals surface area contributed by atoms with E-state index in [9.17, 15) is 5.26 Å². The van der Waals surface area contributed by atoms with Crippen molar-refractivity contribution in [3.8, 4) is 17.5 Å². The van der Waals surface area contributed by atoms with Crippen molar-refractivity contribution in [2.75, 3.05) is 7.11 Å². The minimum absolute atomic E-state index is 0.523. The molecule has 0 bridgehead atoms. The van der Waals surface area contributed by atoms with E-state index in [2.05, 4.69) is 11.1 Å². The van der Waals surface area contributed by atoms with Gasteiger partial charge < -0.3 is 9.72 Å². The molecule has 21 heavy (non-hydrogen) atoms. The van der Waals surface area contributed by atoms with Crippen molar-refractivity contribution < 1.29 is 4.74 Å². The minimum atomic E-state index is 0.523. The first-order valence-corrected chi connectivity index (χ1v) is 6.86. The highest BCUT2D eigenvalue weighted by atomic mass is 32.1. The van der Waals surface area contributed by atoms with Gasteiger partial charge in [0, 0.05) is 0 Å². The number of nitrogens with one attached hydrogen (secondary N) is 1. The molecular weight excluding hydrogens is 282 g/mol. The molecule has 5 heteroatoms. The summed E-state index contributed by atoms with van der Waals surface area (Å²) in [7, 11) is 1.59. The molecule has 1 aromatic heterocycles. The lowest BCUT2D eigenvalue weighted by Crippen LogP contribution is -2.02. The van der Waals surface area contributed by atoms with E-state index in [1.54, 1.807) is 19.2 Å². The number of hydrogen-bond acceptors (Lipinski definition) is 3. The maximum atomic E-state index is 9.41. The maximum Gasteiger partial charge on any atom is 0.182 e. The minimum Gasteiger partial charge on any atom is -0.495 e. The molecule has 0 saturated heterocycles. The van der Waals surface area contributed by atoms with Gasteiger partial charge in [-0.05, 0) is 42.9 Å².